The van der Waals surface area contributed by atoms with Crippen LogP contribution in [0.15, 0.2) is 18.2 Å². The summed E-state index contributed by atoms with van der Waals surface area (Å²) in [6, 6.07) is 4.48. The summed E-state index contributed by atoms with van der Waals surface area (Å²) in [5.41, 5.74) is 0.302. The summed E-state index contributed by atoms with van der Waals surface area (Å²) >= 11 is 5.65. The molecule has 64 valence electrons. The fourth-order valence-electron chi connectivity index (χ4n) is 0.920. The van der Waals surface area contributed by atoms with E-state index in [1.165, 1.54) is 12.1 Å². The number of rotatable bonds is 2. The number of carboxylic acids is 1. The molecule has 1 rings (SSSR count). The molecule has 1 aromatic rings. The van der Waals surface area contributed by atoms with E-state index in [-0.39, 0.29) is 22.8 Å². The first-order chi connectivity index (χ1) is 5.66. The fraction of sp³-hybridized carbons (Fsp3) is 0.125. The molecular weight excluding hydrogens is 180 g/mol. The Labute approximate surface area is 74.2 Å². The third kappa shape index (κ3) is 1.57. The van der Waals surface area contributed by atoms with Gasteiger partial charge in [-0.3, -0.25) is 0 Å². The number of aliphatic hydroxyl groups is 1. The normalized spacial score (nSPS) is 9.83. The van der Waals surface area contributed by atoms with Crippen molar-refractivity contribution in [3.05, 3.63) is 34.3 Å². The minimum atomic E-state index is -1.08. The van der Waals surface area contributed by atoms with Crippen LogP contribution in [0.5, 0.6) is 0 Å². The van der Waals surface area contributed by atoms with E-state index < -0.39 is 5.97 Å². The van der Waals surface area contributed by atoms with Crippen molar-refractivity contribution < 1.29 is 15.0 Å². The van der Waals surface area contributed by atoms with Crippen LogP contribution in [0.4, 0.5) is 0 Å². The number of halogens is 1. The van der Waals surface area contributed by atoms with Crippen LogP contribution < -0.4 is 0 Å². The highest BCUT2D eigenvalue weighted by atomic mass is 35.5. The van der Waals surface area contributed by atoms with Gasteiger partial charge in [-0.25, -0.2) is 4.79 Å². The molecule has 0 saturated carbocycles. The molecule has 3 nitrogen and oxygen atoms in total. The molecule has 2 N–H and O–H groups in total. The molecular formula is C8H7ClO3. The first-order valence-electron chi connectivity index (χ1n) is 3.28. The molecule has 0 unspecified atom stereocenters. The summed E-state index contributed by atoms with van der Waals surface area (Å²) in [5, 5.41) is 17.7. The minimum Gasteiger partial charge on any atom is -0.478 e. The summed E-state index contributed by atoms with van der Waals surface area (Å²) in [6.45, 7) is -0.360. The number of carboxylic acid groups (broad SMARTS) is 1. The lowest BCUT2D eigenvalue weighted by Gasteiger charge is -2.03. The van der Waals surface area contributed by atoms with Crippen LogP contribution in [0.2, 0.25) is 5.02 Å². The van der Waals surface area contributed by atoms with Gasteiger partial charge in [-0.2, -0.15) is 0 Å². The van der Waals surface area contributed by atoms with E-state index in [2.05, 4.69) is 0 Å². The predicted molar refractivity (Wildman–Crippen MR) is 44.3 cm³/mol. The first kappa shape index (κ1) is 9.03. The van der Waals surface area contributed by atoms with Crippen LogP contribution in [-0.4, -0.2) is 16.2 Å². The van der Waals surface area contributed by atoms with E-state index >= 15 is 0 Å². The van der Waals surface area contributed by atoms with Gasteiger partial charge < -0.3 is 10.2 Å². The van der Waals surface area contributed by atoms with Crippen LogP contribution in [-0.2, 0) is 6.61 Å². The third-order valence-electron chi connectivity index (χ3n) is 1.51. The highest BCUT2D eigenvalue weighted by Gasteiger charge is 2.11. The fourth-order valence-corrected chi connectivity index (χ4v) is 1.15. The van der Waals surface area contributed by atoms with Crippen molar-refractivity contribution in [1.82, 2.24) is 0 Å². The lowest BCUT2D eigenvalue weighted by molar-refractivity contribution is 0.0693. The third-order valence-corrected chi connectivity index (χ3v) is 1.86. The van der Waals surface area contributed by atoms with Crippen molar-refractivity contribution in [3.63, 3.8) is 0 Å². The molecule has 0 aliphatic rings. The van der Waals surface area contributed by atoms with E-state index in [4.69, 9.17) is 21.8 Å². The van der Waals surface area contributed by atoms with Gasteiger partial charge in [-0.15, -0.1) is 0 Å². The maximum absolute atomic E-state index is 10.6. The van der Waals surface area contributed by atoms with Crippen molar-refractivity contribution in [3.8, 4) is 0 Å². The van der Waals surface area contributed by atoms with Gasteiger partial charge in [0.25, 0.3) is 0 Å². The van der Waals surface area contributed by atoms with Crippen LogP contribution >= 0.6 is 11.6 Å². The van der Waals surface area contributed by atoms with Crippen LogP contribution in [0.25, 0.3) is 0 Å². The van der Waals surface area contributed by atoms with Gasteiger partial charge in [0.15, 0.2) is 0 Å². The Hall–Kier alpha value is -1.06. The smallest absolute Gasteiger partial charge is 0.336 e. The Morgan fingerprint density at radius 3 is 2.58 bits per heavy atom. The molecule has 4 heteroatoms. The molecule has 0 radical (unpaired) electrons. The first-order valence-corrected chi connectivity index (χ1v) is 3.66. The lowest BCUT2D eigenvalue weighted by atomic mass is 10.1. The molecule has 0 aromatic heterocycles. The molecule has 0 fully saturated rings. The molecule has 0 spiro atoms. The Balaban J connectivity index is 3.27. The highest BCUT2D eigenvalue weighted by Crippen LogP contribution is 2.19. The van der Waals surface area contributed by atoms with E-state index in [0.29, 0.717) is 0 Å². The standard InChI is InChI=1S/C8H7ClO3/c9-7-3-1-2-5(8(11)12)6(7)4-10/h1-3,10H,4H2,(H,11,12). The zero-order chi connectivity index (χ0) is 9.14. The molecule has 0 saturated heterocycles. The van der Waals surface area contributed by atoms with Crippen molar-refractivity contribution in [1.29, 1.82) is 0 Å². The molecule has 0 aliphatic carbocycles. The summed E-state index contributed by atoms with van der Waals surface area (Å²) in [6.07, 6.45) is 0. The highest BCUT2D eigenvalue weighted by molar-refractivity contribution is 6.31. The van der Waals surface area contributed by atoms with Crippen molar-refractivity contribution >= 4 is 17.6 Å². The van der Waals surface area contributed by atoms with Gasteiger partial charge in [-0.05, 0) is 12.1 Å². The molecule has 1 aromatic carbocycles. The van der Waals surface area contributed by atoms with Crippen LogP contribution in [0.3, 0.4) is 0 Å². The summed E-state index contributed by atoms with van der Waals surface area (Å²) in [4.78, 5) is 10.6. The number of hydrogen-bond acceptors (Lipinski definition) is 2. The van der Waals surface area contributed by atoms with Gasteiger partial charge in [-0.1, -0.05) is 17.7 Å². The average Bonchev–Trinajstić information content (AvgIpc) is 2.03. The van der Waals surface area contributed by atoms with E-state index in [1.807, 2.05) is 0 Å². The quantitative estimate of drug-likeness (QED) is 0.737. The van der Waals surface area contributed by atoms with Gasteiger partial charge in [0.2, 0.25) is 0 Å². The van der Waals surface area contributed by atoms with Crippen LogP contribution in [0, 0.1) is 0 Å². The summed E-state index contributed by atoms with van der Waals surface area (Å²) < 4.78 is 0. The van der Waals surface area contributed by atoms with Gasteiger partial charge in [0.1, 0.15) is 0 Å². The lowest BCUT2D eigenvalue weighted by Crippen LogP contribution is -2.02. The molecule has 12 heavy (non-hydrogen) atoms. The summed E-state index contributed by atoms with van der Waals surface area (Å²) in [7, 11) is 0. The van der Waals surface area contributed by atoms with E-state index in [1.54, 1.807) is 6.07 Å². The van der Waals surface area contributed by atoms with Gasteiger partial charge in [0.05, 0.1) is 12.2 Å². The minimum absolute atomic E-state index is 0.0463. The van der Waals surface area contributed by atoms with Crippen molar-refractivity contribution in [2.24, 2.45) is 0 Å². The van der Waals surface area contributed by atoms with E-state index in [9.17, 15) is 4.79 Å². The van der Waals surface area contributed by atoms with Crippen LogP contribution in [0.1, 0.15) is 15.9 Å². The number of benzene rings is 1. The number of aromatic carboxylic acids is 1. The Bertz CT molecular complexity index is 309. The maximum Gasteiger partial charge on any atom is 0.336 e. The monoisotopic (exact) mass is 186 g/mol. The topological polar surface area (TPSA) is 57.5 Å². The SMILES string of the molecule is O=C(O)c1cccc(Cl)c1CO. The number of hydrogen-bond donors (Lipinski definition) is 2. The number of carbonyl (C=O) groups is 1. The summed E-state index contributed by atoms with van der Waals surface area (Å²) in [5.74, 6) is -1.08. The number of aliphatic hydroxyl groups excluding tert-OH is 1. The maximum atomic E-state index is 10.6. The second kappa shape index (κ2) is 3.56. The average molecular weight is 187 g/mol. The largest absolute Gasteiger partial charge is 0.478 e. The van der Waals surface area contributed by atoms with Gasteiger partial charge >= 0.3 is 5.97 Å². The Morgan fingerprint density at radius 2 is 2.17 bits per heavy atom. The molecule has 0 atom stereocenters. The zero-order valence-corrected chi connectivity index (χ0v) is 6.88. The second-order valence-electron chi connectivity index (χ2n) is 2.23. The molecule has 0 amide bonds. The second-order valence-corrected chi connectivity index (χ2v) is 2.64. The molecule has 0 bridgehead atoms. The predicted octanol–water partition coefficient (Wildman–Crippen LogP) is 1.53. The van der Waals surface area contributed by atoms with Crippen molar-refractivity contribution in [2.75, 3.05) is 0 Å². The van der Waals surface area contributed by atoms with E-state index in [0.717, 1.165) is 0 Å². The Morgan fingerprint density at radius 1 is 1.50 bits per heavy atom. The molecule has 0 heterocycles. The Kier molecular flexibility index (Phi) is 2.68. The zero-order valence-electron chi connectivity index (χ0n) is 6.12. The van der Waals surface area contributed by atoms with Crippen molar-refractivity contribution in [2.45, 2.75) is 6.61 Å². The van der Waals surface area contributed by atoms with Gasteiger partial charge in [0, 0.05) is 10.6 Å². The molecule has 0 aliphatic heterocycles.